The number of hydrogen-bond acceptors (Lipinski definition) is 12. The fraction of sp³-hybridized carbons (Fsp3) is 0.344. The molecule has 4 aromatic heterocycles. The molecule has 0 aliphatic carbocycles. The standard InChI is InChI=1S/C32H36N10O3/c1-21-13-23(6-7-26(21)45-24-8-10-42-28(14-24)34-20-36-42)37-31-30-25(33-19-35-31)15-27-32(38-30)41-12-11-40(16-22(17-41)18-44-27)29(43)5-4-9-39(2)3/h4-8,10,13-15,19-20,22,29,43H,9,11-12,16-18H2,1-3H3,(H,33,35,37)/b5-4+. The third-order valence-corrected chi connectivity index (χ3v) is 8.03. The monoisotopic (exact) mass is 608 g/mol. The zero-order valence-electron chi connectivity index (χ0n) is 25.5. The number of nitrogens with zero attached hydrogens (tertiary/aromatic N) is 9. The van der Waals surface area contributed by atoms with Crippen LogP contribution in [0.5, 0.6) is 17.2 Å². The fourth-order valence-electron chi connectivity index (χ4n) is 5.74. The molecule has 1 saturated heterocycles. The van der Waals surface area contributed by atoms with Crippen LogP contribution in [-0.2, 0) is 0 Å². The van der Waals surface area contributed by atoms with Gasteiger partial charge in [-0.1, -0.05) is 6.08 Å². The second kappa shape index (κ2) is 12.3. The number of benzene rings is 1. The van der Waals surface area contributed by atoms with Crippen LogP contribution in [0.4, 0.5) is 17.3 Å². The first kappa shape index (κ1) is 28.9. The number of likely N-dealkylation sites (N-methyl/N-ethyl adjacent to an activating group) is 1. The predicted molar refractivity (Wildman–Crippen MR) is 171 cm³/mol. The van der Waals surface area contributed by atoms with Crippen molar-refractivity contribution in [2.45, 2.75) is 13.2 Å². The van der Waals surface area contributed by atoms with E-state index in [0.29, 0.717) is 47.9 Å². The van der Waals surface area contributed by atoms with Crippen LogP contribution >= 0.6 is 0 Å². The van der Waals surface area contributed by atoms with Gasteiger partial charge in [0, 0.05) is 62.7 Å². The smallest absolute Gasteiger partial charge is 0.172 e. The summed E-state index contributed by atoms with van der Waals surface area (Å²) in [6, 6.07) is 11.5. The molecule has 7 rings (SSSR count). The molecule has 2 bridgehead atoms. The molecule has 45 heavy (non-hydrogen) atoms. The quantitative estimate of drug-likeness (QED) is 0.250. The highest BCUT2D eigenvalue weighted by Gasteiger charge is 2.31. The van der Waals surface area contributed by atoms with Crippen molar-refractivity contribution in [1.82, 2.24) is 39.3 Å². The lowest BCUT2D eigenvalue weighted by molar-refractivity contribution is 0.0329. The topological polar surface area (TPSA) is 129 Å². The number of anilines is 3. The lowest BCUT2D eigenvalue weighted by Crippen LogP contribution is -2.39. The number of nitrogens with one attached hydrogen (secondary N) is 1. The van der Waals surface area contributed by atoms with Crippen molar-refractivity contribution in [2.24, 2.45) is 5.92 Å². The molecular weight excluding hydrogens is 572 g/mol. The van der Waals surface area contributed by atoms with E-state index in [4.69, 9.17) is 14.5 Å². The van der Waals surface area contributed by atoms with E-state index in [0.717, 1.165) is 48.2 Å². The normalized spacial score (nSPS) is 17.7. The number of ether oxygens (including phenoxy) is 2. The average molecular weight is 609 g/mol. The number of rotatable bonds is 8. The number of aryl methyl sites for hydroxylation is 1. The van der Waals surface area contributed by atoms with Gasteiger partial charge in [-0.3, -0.25) is 4.90 Å². The van der Waals surface area contributed by atoms with Crippen LogP contribution in [0.3, 0.4) is 0 Å². The summed E-state index contributed by atoms with van der Waals surface area (Å²) >= 11 is 0. The molecule has 0 radical (unpaired) electrons. The molecule has 0 saturated carbocycles. The SMILES string of the molecule is Cc1cc(Nc2ncnc3cc4c(nc23)N2CCN(C(O)/C=C/CN(C)C)CC(CO4)C2)ccc1Oc1ccn2ncnc2c1. The van der Waals surface area contributed by atoms with Gasteiger partial charge in [0.25, 0.3) is 0 Å². The molecule has 13 heteroatoms. The number of hydrogen-bond donors (Lipinski definition) is 2. The summed E-state index contributed by atoms with van der Waals surface area (Å²) in [5.41, 5.74) is 3.88. The summed E-state index contributed by atoms with van der Waals surface area (Å²) < 4.78 is 14.1. The molecule has 1 aromatic carbocycles. The van der Waals surface area contributed by atoms with E-state index >= 15 is 0 Å². The van der Waals surface area contributed by atoms with Crippen molar-refractivity contribution in [3.05, 3.63) is 73.0 Å². The molecule has 1 fully saturated rings. The van der Waals surface area contributed by atoms with Crippen LogP contribution in [0.2, 0.25) is 0 Å². The average Bonchev–Trinajstić information content (AvgIpc) is 3.30. The second-order valence-electron chi connectivity index (χ2n) is 11.8. The number of pyridine rings is 2. The molecule has 2 atom stereocenters. The highest BCUT2D eigenvalue weighted by Crippen LogP contribution is 2.36. The summed E-state index contributed by atoms with van der Waals surface area (Å²) in [5.74, 6) is 3.73. The largest absolute Gasteiger partial charge is 0.489 e. The van der Waals surface area contributed by atoms with Gasteiger partial charge in [-0.05, 0) is 56.9 Å². The Balaban J connectivity index is 1.11. The highest BCUT2D eigenvalue weighted by molar-refractivity contribution is 5.90. The van der Waals surface area contributed by atoms with E-state index in [-0.39, 0.29) is 5.92 Å². The van der Waals surface area contributed by atoms with Gasteiger partial charge in [-0.15, -0.1) is 0 Å². The predicted octanol–water partition coefficient (Wildman–Crippen LogP) is 3.48. The Labute approximate surface area is 260 Å². The van der Waals surface area contributed by atoms with E-state index < -0.39 is 6.23 Å². The van der Waals surface area contributed by atoms with Crippen LogP contribution in [0.1, 0.15) is 5.56 Å². The molecule has 0 amide bonds. The maximum absolute atomic E-state index is 10.9. The Morgan fingerprint density at radius 1 is 1.11 bits per heavy atom. The molecule has 2 N–H and O–H groups in total. The molecule has 6 heterocycles. The van der Waals surface area contributed by atoms with Crippen LogP contribution in [0.25, 0.3) is 16.7 Å². The first-order valence-corrected chi connectivity index (χ1v) is 15.0. The summed E-state index contributed by atoms with van der Waals surface area (Å²) in [6.07, 6.45) is 8.09. The summed E-state index contributed by atoms with van der Waals surface area (Å²) in [7, 11) is 4.02. The maximum atomic E-state index is 10.9. The van der Waals surface area contributed by atoms with Gasteiger partial charge in [-0.2, -0.15) is 5.10 Å². The van der Waals surface area contributed by atoms with Crippen molar-refractivity contribution < 1.29 is 14.6 Å². The van der Waals surface area contributed by atoms with Gasteiger partial charge in [0.2, 0.25) is 0 Å². The highest BCUT2D eigenvalue weighted by atomic mass is 16.5. The first-order valence-electron chi connectivity index (χ1n) is 15.0. The third-order valence-electron chi connectivity index (χ3n) is 8.03. The number of fused-ring (bicyclic) bond motifs is 6. The minimum absolute atomic E-state index is 0.215. The molecule has 2 unspecified atom stereocenters. The Kier molecular flexibility index (Phi) is 7.88. The van der Waals surface area contributed by atoms with Crippen molar-refractivity contribution in [2.75, 3.05) is 63.6 Å². The molecule has 13 nitrogen and oxygen atoms in total. The van der Waals surface area contributed by atoms with Gasteiger partial charge in [0.15, 0.2) is 23.0 Å². The third kappa shape index (κ3) is 6.23. The zero-order valence-corrected chi connectivity index (χ0v) is 25.5. The Bertz CT molecular complexity index is 1860. The molecule has 0 spiro atoms. The lowest BCUT2D eigenvalue weighted by Gasteiger charge is -2.27. The Morgan fingerprint density at radius 3 is 2.89 bits per heavy atom. The second-order valence-corrected chi connectivity index (χ2v) is 11.8. The van der Waals surface area contributed by atoms with Crippen LogP contribution in [0.15, 0.2) is 67.4 Å². The van der Waals surface area contributed by atoms with Gasteiger partial charge >= 0.3 is 0 Å². The van der Waals surface area contributed by atoms with Crippen LogP contribution in [-0.4, -0.2) is 104 Å². The minimum Gasteiger partial charge on any atom is -0.489 e. The fourth-order valence-corrected chi connectivity index (χ4v) is 5.74. The lowest BCUT2D eigenvalue weighted by atomic mass is 10.1. The van der Waals surface area contributed by atoms with Crippen molar-refractivity contribution in [1.29, 1.82) is 0 Å². The number of aliphatic hydroxyl groups is 1. The number of aromatic nitrogens is 6. The van der Waals surface area contributed by atoms with Gasteiger partial charge in [-0.25, -0.2) is 24.5 Å². The number of aliphatic hydroxyl groups excluding tert-OH is 1. The molecule has 232 valence electrons. The van der Waals surface area contributed by atoms with Gasteiger partial charge in [0.05, 0.1) is 12.1 Å². The van der Waals surface area contributed by atoms with Crippen molar-refractivity contribution in [3.63, 3.8) is 0 Å². The Hall–Kier alpha value is -4.85. The van der Waals surface area contributed by atoms with Gasteiger partial charge in [0.1, 0.15) is 35.9 Å². The Morgan fingerprint density at radius 2 is 2.02 bits per heavy atom. The minimum atomic E-state index is -0.641. The van der Waals surface area contributed by atoms with E-state index in [9.17, 15) is 5.11 Å². The van der Waals surface area contributed by atoms with E-state index in [1.807, 2.05) is 75.8 Å². The van der Waals surface area contributed by atoms with Crippen molar-refractivity contribution in [3.8, 4) is 17.2 Å². The zero-order chi connectivity index (χ0) is 30.9. The van der Waals surface area contributed by atoms with Gasteiger partial charge < -0.3 is 29.7 Å². The van der Waals surface area contributed by atoms with Crippen molar-refractivity contribution >= 4 is 34.0 Å². The molecule has 2 aliphatic rings. The maximum Gasteiger partial charge on any atom is 0.172 e. The first-order chi connectivity index (χ1) is 21.9. The summed E-state index contributed by atoms with van der Waals surface area (Å²) in [5, 5.41) is 18.4. The van der Waals surface area contributed by atoms with E-state index in [1.165, 1.54) is 12.7 Å². The summed E-state index contributed by atoms with van der Waals surface area (Å²) in [4.78, 5) is 24.8. The van der Waals surface area contributed by atoms with Crippen LogP contribution < -0.4 is 19.7 Å². The molecular formula is C32H36N10O3. The molecule has 5 aromatic rings. The van der Waals surface area contributed by atoms with E-state index in [1.54, 1.807) is 4.52 Å². The summed E-state index contributed by atoms with van der Waals surface area (Å²) in [6.45, 7) is 6.27. The molecule has 2 aliphatic heterocycles. The van der Waals surface area contributed by atoms with E-state index in [2.05, 4.69) is 40.1 Å². The van der Waals surface area contributed by atoms with Crippen LogP contribution in [0, 0.1) is 12.8 Å².